The molecule has 7 heteroatoms. The van der Waals surface area contributed by atoms with Crippen LogP contribution in [-0.2, 0) is 25.1 Å². The summed E-state index contributed by atoms with van der Waals surface area (Å²) in [5.41, 5.74) is 0.520. The zero-order chi connectivity index (χ0) is 14.6. The van der Waals surface area contributed by atoms with E-state index in [0.717, 1.165) is 0 Å². The van der Waals surface area contributed by atoms with E-state index in [0.29, 0.717) is 5.56 Å². The van der Waals surface area contributed by atoms with Crippen LogP contribution in [0.3, 0.4) is 0 Å². The van der Waals surface area contributed by atoms with Crippen LogP contribution in [0.4, 0.5) is 0 Å². The SMILES string of the molecule is COCc1ccc(C(=O)OC(C)C)cc1S(=O)(=O)Cl. The predicted molar refractivity (Wildman–Crippen MR) is 70.7 cm³/mol. The Labute approximate surface area is 116 Å². The summed E-state index contributed by atoms with van der Waals surface area (Å²) < 4.78 is 32.9. The third-order valence-corrected chi connectivity index (χ3v) is 3.61. The van der Waals surface area contributed by atoms with Gasteiger partial charge in [0, 0.05) is 17.8 Å². The van der Waals surface area contributed by atoms with Gasteiger partial charge in [0.2, 0.25) is 0 Å². The molecule has 19 heavy (non-hydrogen) atoms. The average molecular weight is 307 g/mol. The topological polar surface area (TPSA) is 69.7 Å². The Balaban J connectivity index is 3.22. The van der Waals surface area contributed by atoms with E-state index in [1.54, 1.807) is 13.8 Å². The molecule has 0 N–H and O–H groups in total. The predicted octanol–water partition coefficient (Wildman–Crippen LogP) is 2.33. The molecule has 1 aromatic carbocycles. The van der Waals surface area contributed by atoms with Crippen LogP contribution in [0, 0.1) is 0 Å². The monoisotopic (exact) mass is 306 g/mol. The van der Waals surface area contributed by atoms with Gasteiger partial charge < -0.3 is 9.47 Å². The van der Waals surface area contributed by atoms with E-state index in [1.807, 2.05) is 0 Å². The molecule has 5 nitrogen and oxygen atoms in total. The highest BCUT2D eigenvalue weighted by Gasteiger charge is 2.19. The van der Waals surface area contributed by atoms with Crippen LogP contribution in [0.2, 0.25) is 0 Å². The molecule has 1 aromatic rings. The normalized spacial score (nSPS) is 11.6. The van der Waals surface area contributed by atoms with Crippen LogP contribution in [-0.4, -0.2) is 27.6 Å². The molecule has 0 aromatic heterocycles. The Hall–Kier alpha value is -1.11. The van der Waals surface area contributed by atoms with Crippen molar-refractivity contribution in [1.82, 2.24) is 0 Å². The van der Waals surface area contributed by atoms with Gasteiger partial charge in [-0.05, 0) is 31.5 Å². The molecular formula is C12H15ClO5S. The highest BCUT2D eigenvalue weighted by Crippen LogP contribution is 2.23. The second-order valence-corrected chi connectivity index (χ2v) is 6.68. The number of halogens is 1. The zero-order valence-electron chi connectivity index (χ0n) is 10.8. The number of carbonyl (C=O) groups excluding carboxylic acids is 1. The second-order valence-electron chi connectivity index (χ2n) is 4.15. The van der Waals surface area contributed by atoms with Crippen molar-refractivity contribution in [2.45, 2.75) is 31.5 Å². The van der Waals surface area contributed by atoms with Gasteiger partial charge in [0.15, 0.2) is 0 Å². The van der Waals surface area contributed by atoms with E-state index < -0.39 is 15.0 Å². The lowest BCUT2D eigenvalue weighted by Crippen LogP contribution is -2.12. The fourth-order valence-electron chi connectivity index (χ4n) is 1.47. The van der Waals surface area contributed by atoms with Gasteiger partial charge in [-0.25, -0.2) is 13.2 Å². The third-order valence-electron chi connectivity index (χ3n) is 2.21. The number of methoxy groups -OCH3 is 1. The first kappa shape index (κ1) is 15.9. The fourth-order valence-corrected chi connectivity index (χ4v) is 2.60. The Kier molecular flexibility index (Phi) is 5.34. The average Bonchev–Trinajstić information content (AvgIpc) is 2.27. The maximum absolute atomic E-state index is 11.7. The van der Waals surface area contributed by atoms with Crippen molar-refractivity contribution < 1.29 is 22.7 Å². The molecule has 106 valence electrons. The summed E-state index contributed by atoms with van der Waals surface area (Å²) in [4.78, 5) is 11.6. The number of hydrogen-bond donors (Lipinski definition) is 0. The van der Waals surface area contributed by atoms with Gasteiger partial charge in [-0.3, -0.25) is 0 Å². The maximum atomic E-state index is 11.7. The molecule has 0 unspecified atom stereocenters. The standard InChI is InChI=1S/C12H15ClO5S/c1-8(2)18-12(14)9-4-5-10(7-17-3)11(6-9)19(13,15)16/h4-6,8H,7H2,1-3H3. The highest BCUT2D eigenvalue weighted by atomic mass is 35.7. The van der Waals surface area contributed by atoms with E-state index in [1.165, 1.54) is 25.3 Å². The number of rotatable bonds is 5. The molecule has 0 spiro atoms. The van der Waals surface area contributed by atoms with Crippen molar-refractivity contribution in [1.29, 1.82) is 0 Å². The van der Waals surface area contributed by atoms with Gasteiger partial charge >= 0.3 is 5.97 Å². The largest absolute Gasteiger partial charge is 0.459 e. The van der Waals surface area contributed by atoms with Crippen molar-refractivity contribution in [3.05, 3.63) is 29.3 Å². The molecule has 0 aliphatic rings. The van der Waals surface area contributed by atoms with Crippen molar-refractivity contribution in [3.8, 4) is 0 Å². The first-order chi connectivity index (χ1) is 8.75. The van der Waals surface area contributed by atoms with Crippen molar-refractivity contribution in [2.24, 2.45) is 0 Å². The molecule has 0 bridgehead atoms. The van der Waals surface area contributed by atoms with Gasteiger partial charge in [-0.1, -0.05) is 6.07 Å². The minimum atomic E-state index is -3.96. The minimum Gasteiger partial charge on any atom is -0.459 e. The van der Waals surface area contributed by atoms with Gasteiger partial charge in [-0.15, -0.1) is 0 Å². The molecule has 0 saturated heterocycles. The lowest BCUT2D eigenvalue weighted by molar-refractivity contribution is 0.0377. The fraction of sp³-hybridized carbons (Fsp3) is 0.417. The summed E-state index contributed by atoms with van der Waals surface area (Å²) in [6, 6.07) is 4.15. The summed E-state index contributed by atoms with van der Waals surface area (Å²) in [5.74, 6) is -0.597. The molecule has 0 amide bonds. The van der Waals surface area contributed by atoms with E-state index in [2.05, 4.69) is 0 Å². The Morgan fingerprint density at radius 3 is 2.47 bits per heavy atom. The van der Waals surface area contributed by atoms with Crippen LogP contribution in [0.25, 0.3) is 0 Å². The smallest absolute Gasteiger partial charge is 0.338 e. The van der Waals surface area contributed by atoms with Crippen LogP contribution in [0.1, 0.15) is 29.8 Å². The second kappa shape index (κ2) is 6.36. The first-order valence-electron chi connectivity index (χ1n) is 5.53. The van der Waals surface area contributed by atoms with Crippen LogP contribution < -0.4 is 0 Å². The molecule has 0 atom stereocenters. The lowest BCUT2D eigenvalue weighted by atomic mass is 10.1. The van der Waals surface area contributed by atoms with Gasteiger partial charge in [-0.2, -0.15) is 0 Å². The quantitative estimate of drug-likeness (QED) is 0.617. The number of esters is 1. The van der Waals surface area contributed by atoms with E-state index >= 15 is 0 Å². The summed E-state index contributed by atoms with van der Waals surface area (Å²) in [7, 11) is 2.83. The van der Waals surface area contributed by atoms with E-state index in [4.69, 9.17) is 20.2 Å². The summed E-state index contributed by atoms with van der Waals surface area (Å²) in [6.45, 7) is 3.49. The zero-order valence-corrected chi connectivity index (χ0v) is 12.4. The molecule has 0 radical (unpaired) electrons. The number of carbonyl (C=O) groups is 1. The Bertz CT molecular complexity index is 565. The van der Waals surface area contributed by atoms with Gasteiger partial charge in [0.25, 0.3) is 9.05 Å². The molecule has 0 fully saturated rings. The maximum Gasteiger partial charge on any atom is 0.338 e. The number of ether oxygens (including phenoxy) is 2. The Morgan fingerprint density at radius 2 is 2.00 bits per heavy atom. The molecule has 0 heterocycles. The summed E-state index contributed by atoms with van der Waals surface area (Å²) in [6.07, 6.45) is -0.290. The minimum absolute atomic E-state index is 0.0841. The van der Waals surface area contributed by atoms with E-state index in [-0.39, 0.29) is 23.2 Å². The van der Waals surface area contributed by atoms with E-state index in [9.17, 15) is 13.2 Å². The van der Waals surface area contributed by atoms with Crippen LogP contribution in [0.15, 0.2) is 23.1 Å². The van der Waals surface area contributed by atoms with Crippen LogP contribution >= 0.6 is 10.7 Å². The van der Waals surface area contributed by atoms with Crippen molar-refractivity contribution >= 4 is 25.7 Å². The molecule has 1 rings (SSSR count). The third kappa shape index (κ3) is 4.49. The van der Waals surface area contributed by atoms with Gasteiger partial charge in [0.05, 0.1) is 23.2 Å². The lowest BCUT2D eigenvalue weighted by Gasteiger charge is -2.10. The summed E-state index contributed by atoms with van der Waals surface area (Å²) in [5, 5.41) is 0. The molecule has 0 saturated carbocycles. The molecular weight excluding hydrogens is 292 g/mol. The highest BCUT2D eigenvalue weighted by molar-refractivity contribution is 8.13. The molecule has 0 aliphatic heterocycles. The van der Waals surface area contributed by atoms with Crippen LogP contribution in [0.5, 0.6) is 0 Å². The van der Waals surface area contributed by atoms with Gasteiger partial charge in [0.1, 0.15) is 0 Å². The van der Waals surface area contributed by atoms with Crippen molar-refractivity contribution in [2.75, 3.05) is 7.11 Å². The summed E-state index contributed by atoms with van der Waals surface area (Å²) >= 11 is 0. The van der Waals surface area contributed by atoms with Crippen molar-refractivity contribution in [3.63, 3.8) is 0 Å². The first-order valence-corrected chi connectivity index (χ1v) is 7.84. The Morgan fingerprint density at radius 1 is 1.37 bits per heavy atom. The number of hydrogen-bond acceptors (Lipinski definition) is 5. The number of benzene rings is 1. The molecule has 0 aliphatic carbocycles.